The highest BCUT2D eigenvalue weighted by Gasteiger charge is 2.46. The van der Waals surface area contributed by atoms with Crippen LogP contribution < -0.4 is 5.56 Å². The number of benzene rings is 1. The van der Waals surface area contributed by atoms with E-state index in [2.05, 4.69) is 10.2 Å². The van der Waals surface area contributed by atoms with Gasteiger partial charge < -0.3 is 23.7 Å². The molecule has 0 aliphatic heterocycles. The van der Waals surface area contributed by atoms with Gasteiger partial charge in [0.1, 0.15) is 6.61 Å². The van der Waals surface area contributed by atoms with E-state index in [9.17, 15) is 33.6 Å². The van der Waals surface area contributed by atoms with Gasteiger partial charge in [-0.25, -0.2) is 4.57 Å². The van der Waals surface area contributed by atoms with Crippen LogP contribution in [0.5, 0.6) is 0 Å². The highest BCUT2D eigenvalue weighted by atomic mass is 16.6. The highest BCUT2D eigenvalue weighted by Crippen LogP contribution is 2.32. The van der Waals surface area contributed by atoms with Crippen LogP contribution >= 0.6 is 0 Å². The Hall–Kier alpha value is -5.41. The summed E-state index contributed by atoms with van der Waals surface area (Å²) >= 11 is 0. The summed E-state index contributed by atoms with van der Waals surface area (Å²) in [7, 11) is 0. The standard InChI is InChI=1S/C28H30N4O12/c1-14(33)31-23(39)12-21(20-10-8-7-9-11-20)32-27(29-30-28(31)32)26(44-19(6)38)25(43-18(5)37)24(42-17(4)36)22(41-16(3)35)13-40-15(2)34/h7-12,22,24-26H,13H2,1-6H3/t22-,24-,25+,26+/m1/s1. The van der Waals surface area contributed by atoms with Crippen molar-refractivity contribution >= 4 is 41.5 Å². The van der Waals surface area contributed by atoms with Crippen molar-refractivity contribution in [1.29, 1.82) is 0 Å². The minimum absolute atomic E-state index is 0.155. The third kappa shape index (κ3) is 7.90. The van der Waals surface area contributed by atoms with Crippen molar-refractivity contribution in [2.24, 2.45) is 0 Å². The van der Waals surface area contributed by atoms with Crippen LogP contribution in [0.1, 0.15) is 58.3 Å². The molecule has 1 aromatic carbocycles. The normalized spacial score (nSPS) is 13.6. The van der Waals surface area contributed by atoms with Crippen molar-refractivity contribution in [1.82, 2.24) is 19.2 Å². The van der Waals surface area contributed by atoms with Crippen LogP contribution in [-0.4, -0.2) is 79.8 Å². The molecule has 0 spiro atoms. The average molecular weight is 615 g/mol. The van der Waals surface area contributed by atoms with Crippen LogP contribution in [-0.2, 0) is 47.7 Å². The molecule has 0 aliphatic carbocycles. The lowest BCUT2D eigenvalue weighted by atomic mass is 10.0. The Bertz CT molecular complexity index is 1650. The SMILES string of the molecule is CC(=O)OC[C@@H](OC(C)=O)[C@@H](OC(C)=O)[C@H](OC(C)=O)[C@H](OC(C)=O)c1nnc2n(C(C)=O)c(=O)cc(-c3ccccc3)n12. The first-order valence-electron chi connectivity index (χ1n) is 13.1. The number of nitrogens with zero attached hydrogens (tertiary/aromatic N) is 4. The van der Waals surface area contributed by atoms with Gasteiger partial charge in [-0.05, 0) is 5.56 Å². The first-order valence-corrected chi connectivity index (χ1v) is 13.1. The molecule has 44 heavy (non-hydrogen) atoms. The Morgan fingerprint density at radius 1 is 0.727 bits per heavy atom. The smallest absolute Gasteiger partial charge is 0.303 e. The molecule has 0 amide bonds. The lowest BCUT2D eigenvalue weighted by Gasteiger charge is -2.34. The first kappa shape index (κ1) is 33.1. The third-order valence-corrected chi connectivity index (χ3v) is 5.89. The summed E-state index contributed by atoms with van der Waals surface area (Å²) in [6, 6.07) is 9.53. The van der Waals surface area contributed by atoms with E-state index in [0.29, 0.717) is 5.56 Å². The summed E-state index contributed by atoms with van der Waals surface area (Å²) in [5, 5.41) is 8.11. The molecule has 2 heterocycles. The Balaban J connectivity index is 2.41. The van der Waals surface area contributed by atoms with Crippen molar-refractivity contribution in [3.63, 3.8) is 0 Å². The van der Waals surface area contributed by atoms with Gasteiger partial charge in [0.2, 0.25) is 17.8 Å². The summed E-state index contributed by atoms with van der Waals surface area (Å²) in [4.78, 5) is 86.3. The van der Waals surface area contributed by atoms with Crippen molar-refractivity contribution < 1.29 is 52.5 Å². The summed E-state index contributed by atoms with van der Waals surface area (Å²) in [6.07, 6.45) is -6.92. The minimum atomic E-state index is -1.81. The maximum absolute atomic E-state index is 13.0. The molecule has 16 nitrogen and oxygen atoms in total. The number of hydrogen-bond acceptors (Lipinski definition) is 14. The van der Waals surface area contributed by atoms with E-state index < -0.39 is 72.3 Å². The molecule has 0 saturated carbocycles. The predicted octanol–water partition coefficient (Wildman–Crippen LogP) is 1.18. The number of fused-ring (bicyclic) bond motifs is 1. The lowest BCUT2D eigenvalue weighted by Crippen LogP contribution is -2.50. The summed E-state index contributed by atoms with van der Waals surface area (Å²) in [6.45, 7) is 5.65. The number of aromatic nitrogens is 4. The zero-order chi connectivity index (χ0) is 32.7. The fourth-order valence-electron chi connectivity index (χ4n) is 4.40. The number of carbonyl (C=O) groups excluding carboxylic acids is 6. The van der Waals surface area contributed by atoms with Crippen LogP contribution in [0.3, 0.4) is 0 Å². The summed E-state index contributed by atoms with van der Waals surface area (Å²) < 4.78 is 28.8. The van der Waals surface area contributed by atoms with Crippen molar-refractivity contribution in [3.8, 4) is 11.3 Å². The van der Waals surface area contributed by atoms with E-state index in [4.69, 9.17) is 23.7 Å². The molecule has 0 aliphatic rings. The quantitative estimate of drug-likeness (QED) is 0.220. The largest absolute Gasteiger partial charge is 0.462 e. The molecular formula is C28H30N4O12. The monoisotopic (exact) mass is 614 g/mol. The minimum Gasteiger partial charge on any atom is -0.462 e. The molecule has 0 unspecified atom stereocenters. The van der Waals surface area contributed by atoms with Gasteiger partial charge in [0.05, 0.1) is 5.69 Å². The molecule has 2 aromatic heterocycles. The highest BCUT2D eigenvalue weighted by molar-refractivity contribution is 5.81. The van der Waals surface area contributed by atoms with Gasteiger partial charge in [0, 0.05) is 47.6 Å². The van der Waals surface area contributed by atoms with Crippen LogP contribution in [0.15, 0.2) is 41.2 Å². The summed E-state index contributed by atoms with van der Waals surface area (Å²) in [5.74, 6) is -5.73. The number of hydrogen-bond donors (Lipinski definition) is 0. The van der Waals surface area contributed by atoms with E-state index in [1.54, 1.807) is 30.3 Å². The zero-order valence-electron chi connectivity index (χ0n) is 24.7. The second kappa shape index (κ2) is 14.2. The Kier molecular flexibility index (Phi) is 10.7. The van der Waals surface area contributed by atoms with Gasteiger partial charge in [0.15, 0.2) is 24.1 Å². The maximum Gasteiger partial charge on any atom is 0.303 e. The van der Waals surface area contributed by atoms with Crippen molar-refractivity contribution in [2.75, 3.05) is 6.61 Å². The van der Waals surface area contributed by atoms with E-state index in [1.807, 2.05) is 0 Å². The average Bonchev–Trinajstić information content (AvgIpc) is 3.35. The number of rotatable bonds is 11. The number of carbonyl (C=O) groups is 6. The molecule has 234 valence electrons. The third-order valence-electron chi connectivity index (χ3n) is 5.89. The molecule has 16 heteroatoms. The molecule has 4 atom stereocenters. The van der Waals surface area contributed by atoms with E-state index in [-0.39, 0.29) is 17.3 Å². The fourth-order valence-corrected chi connectivity index (χ4v) is 4.40. The van der Waals surface area contributed by atoms with Crippen LogP contribution in [0.4, 0.5) is 0 Å². The van der Waals surface area contributed by atoms with Gasteiger partial charge in [-0.1, -0.05) is 30.3 Å². The van der Waals surface area contributed by atoms with E-state index in [0.717, 1.165) is 52.2 Å². The van der Waals surface area contributed by atoms with Crippen molar-refractivity contribution in [3.05, 3.63) is 52.6 Å². The topological polar surface area (TPSA) is 201 Å². The second-order valence-electron chi connectivity index (χ2n) is 9.41. The van der Waals surface area contributed by atoms with Gasteiger partial charge in [-0.2, -0.15) is 0 Å². The van der Waals surface area contributed by atoms with Gasteiger partial charge in [-0.15, -0.1) is 10.2 Å². The Morgan fingerprint density at radius 3 is 1.82 bits per heavy atom. The Morgan fingerprint density at radius 2 is 1.30 bits per heavy atom. The second-order valence-corrected chi connectivity index (χ2v) is 9.41. The molecule has 0 bridgehead atoms. The van der Waals surface area contributed by atoms with Gasteiger partial charge >= 0.3 is 29.8 Å². The molecule has 3 rings (SSSR count). The van der Waals surface area contributed by atoms with Crippen LogP contribution in [0.2, 0.25) is 0 Å². The molecule has 0 fully saturated rings. The molecular weight excluding hydrogens is 584 g/mol. The van der Waals surface area contributed by atoms with E-state index in [1.165, 1.54) is 4.40 Å². The predicted molar refractivity (Wildman–Crippen MR) is 147 cm³/mol. The van der Waals surface area contributed by atoms with E-state index >= 15 is 0 Å². The zero-order valence-corrected chi connectivity index (χ0v) is 24.7. The summed E-state index contributed by atoms with van der Waals surface area (Å²) in [5.41, 5.74) is -0.124. The van der Waals surface area contributed by atoms with Crippen LogP contribution in [0.25, 0.3) is 17.0 Å². The maximum atomic E-state index is 13.0. The molecule has 0 N–H and O–H groups in total. The number of ether oxygens (including phenoxy) is 5. The first-order chi connectivity index (χ1) is 20.7. The lowest BCUT2D eigenvalue weighted by molar-refractivity contribution is -0.204. The van der Waals surface area contributed by atoms with Crippen molar-refractivity contribution in [2.45, 2.75) is 66.0 Å². The Labute approximate surface area is 249 Å². The van der Waals surface area contributed by atoms with Crippen LogP contribution in [0, 0.1) is 0 Å². The van der Waals surface area contributed by atoms with Gasteiger partial charge in [0.25, 0.3) is 5.56 Å². The van der Waals surface area contributed by atoms with Gasteiger partial charge in [-0.3, -0.25) is 38.0 Å². The number of esters is 5. The molecule has 3 aromatic rings. The molecule has 0 saturated heterocycles. The fraction of sp³-hybridized carbons (Fsp3) is 0.393. The molecule has 0 radical (unpaired) electrons.